The number of thiazole rings is 1. The molecule has 1 N–H and O–H groups in total. The molecule has 1 aliphatic rings. The van der Waals surface area contributed by atoms with Crippen LogP contribution in [-0.4, -0.2) is 47.9 Å². The number of carbonyl (C=O) groups is 2. The van der Waals surface area contributed by atoms with E-state index < -0.39 is 0 Å². The van der Waals surface area contributed by atoms with Gasteiger partial charge in [-0.25, -0.2) is 4.98 Å². The molecule has 2 heterocycles. The molecule has 2 amide bonds. The molecule has 1 aromatic heterocycles. The molecule has 0 aliphatic carbocycles. The Morgan fingerprint density at radius 2 is 1.92 bits per heavy atom. The first kappa shape index (κ1) is 17.4. The standard InChI is InChI=1S/C18H22N4O2S/c1-14(23)20-16(15-5-3-2-4-6-15)13-17(24)21-8-10-22(11-9-21)18-19-7-12-25-18/h2-7,12,16H,8-11,13H2,1H3,(H,20,23). The molecule has 7 heteroatoms. The zero-order chi connectivity index (χ0) is 17.6. The van der Waals surface area contributed by atoms with Gasteiger partial charge < -0.3 is 15.1 Å². The van der Waals surface area contributed by atoms with Crippen molar-refractivity contribution in [2.45, 2.75) is 19.4 Å². The van der Waals surface area contributed by atoms with E-state index in [1.807, 2.05) is 40.6 Å². The van der Waals surface area contributed by atoms with Gasteiger partial charge in [0.2, 0.25) is 11.8 Å². The molecule has 0 radical (unpaired) electrons. The summed E-state index contributed by atoms with van der Waals surface area (Å²) in [4.78, 5) is 32.6. The highest BCUT2D eigenvalue weighted by Gasteiger charge is 2.25. The molecular formula is C18H22N4O2S. The topological polar surface area (TPSA) is 65.5 Å². The second kappa shape index (κ2) is 8.11. The molecule has 0 bridgehead atoms. The zero-order valence-corrected chi connectivity index (χ0v) is 15.0. The summed E-state index contributed by atoms with van der Waals surface area (Å²) >= 11 is 1.62. The zero-order valence-electron chi connectivity index (χ0n) is 14.2. The van der Waals surface area contributed by atoms with Gasteiger partial charge in [-0.1, -0.05) is 30.3 Å². The van der Waals surface area contributed by atoms with E-state index in [9.17, 15) is 9.59 Å². The Labute approximate surface area is 151 Å². The van der Waals surface area contributed by atoms with Gasteiger partial charge in [0.15, 0.2) is 5.13 Å². The van der Waals surface area contributed by atoms with Gasteiger partial charge in [-0.3, -0.25) is 9.59 Å². The number of rotatable bonds is 5. The summed E-state index contributed by atoms with van der Waals surface area (Å²) in [6.07, 6.45) is 2.08. The van der Waals surface area contributed by atoms with Crippen LogP contribution in [0.1, 0.15) is 24.9 Å². The molecule has 6 nitrogen and oxygen atoms in total. The SMILES string of the molecule is CC(=O)NC(CC(=O)N1CCN(c2nccs2)CC1)c1ccccc1. The lowest BCUT2D eigenvalue weighted by Gasteiger charge is -2.35. The van der Waals surface area contributed by atoms with Gasteiger partial charge in [-0.05, 0) is 5.56 Å². The second-order valence-corrected chi connectivity index (χ2v) is 6.92. The van der Waals surface area contributed by atoms with Crippen molar-refractivity contribution >= 4 is 28.3 Å². The molecular weight excluding hydrogens is 336 g/mol. The van der Waals surface area contributed by atoms with Crippen molar-refractivity contribution in [1.29, 1.82) is 0 Å². The van der Waals surface area contributed by atoms with Crippen molar-refractivity contribution in [3.05, 3.63) is 47.5 Å². The number of hydrogen-bond donors (Lipinski definition) is 1. The summed E-state index contributed by atoms with van der Waals surface area (Å²) in [5.41, 5.74) is 0.951. The minimum atomic E-state index is -0.289. The second-order valence-electron chi connectivity index (χ2n) is 6.05. The summed E-state index contributed by atoms with van der Waals surface area (Å²) in [5, 5.41) is 5.86. The minimum Gasteiger partial charge on any atom is -0.349 e. The van der Waals surface area contributed by atoms with E-state index in [-0.39, 0.29) is 24.3 Å². The minimum absolute atomic E-state index is 0.0707. The molecule has 0 saturated carbocycles. The monoisotopic (exact) mass is 358 g/mol. The van der Waals surface area contributed by atoms with Crippen LogP contribution in [0, 0.1) is 0 Å². The quantitative estimate of drug-likeness (QED) is 0.889. The molecule has 1 aromatic carbocycles. The van der Waals surface area contributed by atoms with Crippen LogP contribution in [0.4, 0.5) is 5.13 Å². The van der Waals surface area contributed by atoms with Crippen LogP contribution in [0.25, 0.3) is 0 Å². The fraction of sp³-hybridized carbons (Fsp3) is 0.389. The highest BCUT2D eigenvalue weighted by atomic mass is 32.1. The Morgan fingerprint density at radius 3 is 2.52 bits per heavy atom. The normalized spacial score (nSPS) is 15.7. The maximum absolute atomic E-state index is 12.7. The van der Waals surface area contributed by atoms with Crippen molar-refractivity contribution in [2.24, 2.45) is 0 Å². The number of amides is 2. The fourth-order valence-corrected chi connectivity index (χ4v) is 3.70. The van der Waals surface area contributed by atoms with Gasteiger partial charge in [0.25, 0.3) is 0 Å². The Kier molecular flexibility index (Phi) is 5.65. The molecule has 1 aliphatic heterocycles. The van der Waals surface area contributed by atoms with Crippen molar-refractivity contribution in [1.82, 2.24) is 15.2 Å². The number of carbonyl (C=O) groups excluding carboxylic acids is 2. The van der Waals surface area contributed by atoms with E-state index in [0.717, 1.165) is 23.8 Å². The number of piperazine rings is 1. The van der Waals surface area contributed by atoms with E-state index in [1.165, 1.54) is 6.92 Å². The Hall–Kier alpha value is -2.41. The van der Waals surface area contributed by atoms with Crippen LogP contribution in [0.5, 0.6) is 0 Å². The number of benzene rings is 1. The first-order valence-electron chi connectivity index (χ1n) is 8.38. The van der Waals surface area contributed by atoms with E-state index in [1.54, 1.807) is 17.5 Å². The summed E-state index contributed by atoms with van der Waals surface area (Å²) in [6.45, 7) is 4.41. The Balaban J connectivity index is 1.59. The van der Waals surface area contributed by atoms with Crippen LogP contribution in [0.2, 0.25) is 0 Å². The van der Waals surface area contributed by atoms with E-state index in [4.69, 9.17) is 0 Å². The lowest BCUT2D eigenvalue weighted by molar-refractivity contribution is -0.132. The summed E-state index contributed by atoms with van der Waals surface area (Å²) in [5.74, 6) is -0.0587. The maximum atomic E-state index is 12.7. The maximum Gasteiger partial charge on any atom is 0.225 e. The fourth-order valence-electron chi connectivity index (χ4n) is 3.01. The van der Waals surface area contributed by atoms with Gasteiger partial charge in [0.05, 0.1) is 12.5 Å². The molecule has 25 heavy (non-hydrogen) atoms. The molecule has 1 fully saturated rings. The molecule has 1 atom stereocenters. The highest BCUT2D eigenvalue weighted by molar-refractivity contribution is 7.13. The van der Waals surface area contributed by atoms with Crippen molar-refractivity contribution < 1.29 is 9.59 Å². The van der Waals surface area contributed by atoms with Crippen molar-refractivity contribution in [2.75, 3.05) is 31.1 Å². The van der Waals surface area contributed by atoms with Gasteiger partial charge >= 0.3 is 0 Å². The number of aromatic nitrogens is 1. The van der Waals surface area contributed by atoms with Gasteiger partial charge in [-0.15, -0.1) is 11.3 Å². The predicted octanol–water partition coefficient (Wildman–Crippen LogP) is 2.06. The number of nitrogens with zero attached hydrogens (tertiary/aromatic N) is 3. The summed E-state index contributed by atoms with van der Waals surface area (Å²) in [6, 6.07) is 9.35. The van der Waals surface area contributed by atoms with E-state index >= 15 is 0 Å². The third-order valence-corrected chi connectivity index (χ3v) is 5.11. The van der Waals surface area contributed by atoms with Crippen molar-refractivity contribution in [3.63, 3.8) is 0 Å². The van der Waals surface area contributed by atoms with Crippen LogP contribution in [-0.2, 0) is 9.59 Å². The van der Waals surface area contributed by atoms with E-state index in [2.05, 4.69) is 15.2 Å². The van der Waals surface area contributed by atoms with Gasteiger partial charge in [0.1, 0.15) is 0 Å². The molecule has 2 aromatic rings. The third kappa shape index (κ3) is 4.57. The lowest BCUT2D eigenvalue weighted by atomic mass is 10.0. The van der Waals surface area contributed by atoms with E-state index in [0.29, 0.717) is 13.1 Å². The highest BCUT2D eigenvalue weighted by Crippen LogP contribution is 2.21. The molecule has 132 valence electrons. The first-order valence-corrected chi connectivity index (χ1v) is 9.25. The Morgan fingerprint density at radius 1 is 1.20 bits per heavy atom. The van der Waals surface area contributed by atoms with Gasteiger partial charge in [0, 0.05) is 44.7 Å². The molecule has 3 rings (SSSR count). The average molecular weight is 358 g/mol. The molecule has 1 unspecified atom stereocenters. The Bertz CT molecular complexity index is 697. The predicted molar refractivity (Wildman–Crippen MR) is 98.5 cm³/mol. The number of hydrogen-bond acceptors (Lipinski definition) is 5. The van der Waals surface area contributed by atoms with Crippen LogP contribution in [0.15, 0.2) is 41.9 Å². The third-order valence-electron chi connectivity index (χ3n) is 4.28. The molecule has 1 saturated heterocycles. The number of nitrogens with one attached hydrogen (secondary N) is 1. The van der Waals surface area contributed by atoms with Crippen LogP contribution in [0.3, 0.4) is 0 Å². The first-order chi connectivity index (χ1) is 12.1. The number of anilines is 1. The lowest BCUT2D eigenvalue weighted by Crippen LogP contribution is -2.49. The molecule has 0 spiro atoms. The van der Waals surface area contributed by atoms with Crippen LogP contribution >= 0.6 is 11.3 Å². The van der Waals surface area contributed by atoms with Crippen LogP contribution < -0.4 is 10.2 Å². The summed E-state index contributed by atoms with van der Waals surface area (Å²) in [7, 11) is 0. The average Bonchev–Trinajstić information content (AvgIpc) is 3.16. The largest absolute Gasteiger partial charge is 0.349 e. The summed E-state index contributed by atoms with van der Waals surface area (Å²) < 4.78 is 0. The smallest absolute Gasteiger partial charge is 0.225 e. The van der Waals surface area contributed by atoms with Gasteiger partial charge in [-0.2, -0.15) is 0 Å². The van der Waals surface area contributed by atoms with Crippen molar-refractivity contribution in [3.8, 4) is 0 Å².